The number of hydrogen-bond acceptors (Lipinski definition) is 5. The maximum absolute atomic E-state index is 13.8. The number of benzene rings is 1. The zero-order chi connectivity index (χ0) is 20.8. The number of nitrogens with two attached hydrogens (primary N) is 1. The van der Waals surface area contributed by atoms with Gasteiger partial charge in [0, 0.05) is 14.0 Å². The highest BCUT2D eigenvalue weighted by atomic mass is 19.2. The maximum atomic E-state index is 13.8. The number of amides is 2. The van der Waals surface area contributed by atoms with Gasteiger partial charge >= 0.3 is 0 Å². The third-order valence-corrected chi connectivity index (χ3v) is 4.06. The Morgan fingerprint density at radius 2 is 2.00 bits per heavy atom. The molecule has 8 nitrogen and oxygen atoms in total. The summed E-state index contributed by atoms with van der Waals surface area (Å²) < 4.78 is 33.7. The average Bonchev–Trinajstić information content (AvgIpc) is 2.96. The van der Waals surface area contributed by atoms with Gasteiger partial charge < -0.3 is 10.5 Å². The molecule has 152 valence electrons. The van der Waals surface area contributed by atoms with Crippen molar-refractivity contribution in [3.8, 4) is 0 Å². The van der Waals surface area contributed by atoms with Crippen LogP contribution in [0.2, 0.25) is 0 Å². The molecule has 10 heteroatoms. The van der Waals surface area contributed by atoms with E-state index in [1.165, 1.54) is 24.7 Å². The Bertz CT molecular complexity index is 869. The molecule has 1 atom stereocenters. The number of nitrogens with zero attached hydrogens (tertiary/aromatic N) is 2. The summed E-state index contributed by atoms with van der Waals surface area (Å²) in [7, 11) is 1.43. The van der Waals surface area contributed by atoms with Crippen molar-refractivity contribution in [2.24, 2.45) is 0 Å². The van der Waals surface area contributed by atoms with Gasteiger partial charge in [0.15, 0.2) is 11.6 Å². The lowest BCUT2D eigenvalue weighted by atomic mass is 10.0. The Kier molecular flexibility index (Phi) is 7.05. The normalized spacial score (nSPS) is 11.9. The topological polar surface area (TPSA) is 111 Å². The number of halogens is 2. The van der Waals surface area contributed by atoms with Crippen LogP contribution in [0.1, 0.15) is 54.5 Å². The predicted molar refractivity (Wildman–Crippen MR) is 98.0 cm³/mol. The van der Waals surface area contributed by atoms with Crippen molar-refractivity contribution in [1.82, 2.24) is 20.4 Å². The first-order valence-electron chi connectivity index (χ1n) is 8.67. The van der Waals surface area contributed by atoms with Crippen molar-refractivity contribution < 1.29 is 23.1 Å². The molecule has 1 unspecified atom stereocenters. The zero-order valence-electron chi connectivity index (χ0n) is 15.9. The fourth-order valence-electron chi connectivity index (χ4n) is 2.93. The Morgan fingerprint density at radius 3 is 2.57 bits per heavy atom. The molecule has 0 fully saturated rings. The molecule has 0 aliphatic heterocycles. The second kappa shape index (κ2) is 9.27. The molecule has 4 N–H and O–H groups in total. The summed E-state index contributed by atoms with van der Waals surface area (Å²) in [5.74, 6) is -3.08. The summed E-state index contributed by atoms with van der Waals surface area (Å²) in [6, 6.07) is 2.95. The number of hydrazine groups is 1. The van der Waals surface area contributed by atoms with Gasteiger partial charge in [0.1, 0.15) is 5.69 Å². The van der Waals surface area contributed by atoms with Crippen molar-refractivity contribution in [1.29, 1.82) is 0 Å². The Morgan fingerprint density at radius 1 is 1.29 bits per heavy atom. The number of carbonyl (C=O) groups excluding carboxylic acids is 2. The van der Waals surface area contributed by atoms with E-state index in [9.17, 15) is 18.4 Å². The van der Waals surface area contributed by atoms with E-state index in [0.29, 0.717) is 18.4 Å². The van der Waals surface area contributed by atoms with Crippen LogP contribution in [0.5, 0.6) is 0 Å². The van der Waals surface area contributed by atoms with E-state index in [0.717, 1.165) is 12.1 Å². The number of nitrogen functional groups attached to an aromatic ring is 1. The van der Waals surface area contributed by atoms with Crippen molar-refractivity contribution in [2.75, 3.05) is 12.8 Å². The SMILES string of the molecule is CCCC(c1ccc(F)c(F)c1)n1c(N)nc(COC)c1C(=O)NNC(C)=O. The van der Waals surface area contributed by atoms with E-state index in [2.05, 4.69) is 15.8 Å². The zero-order valence-corrected chi connectivity index (χ0v) is 15.9. The molecule has 0 bridgehead atoms. The van der Waals surface area contributed by atoms with Gasteiger partial charge in [-0.1, -0.05) is 19.4 Å². The number of nitrogens with one attached hydrogen (secondary N) is 2. The van der Waals surface area contributed by atoms with Gasteiger partial charge in [-0.15, -0.1) is 0 Å². The lowest BCUT2D eigenvalue weighted by Crippen LogP contribution is -2.42. The number of hydrogen-bond donors (Lipinski definition) is 3. The summed E-state index contributed by atoms with van der Waals surface area (Å²) in [5, 5.41) is 0. The first-order valence-corrected chi connectivity index (χ1v) is 8.67. The number of anilines is 1. The molecule has 1 aromatic heterocycles. The number of imidazole rings is 1. The fourth-order valence-corrected chi connectivity index (χ4v) is 2.93. The van der Waals surface area contributed by atoms with Gasteiger partial charge in [0.2, 0.25) is 11.9 Å². The molecule has 28 heavy (non-hydrogen) atoms. The van der Waals surface area contributed by atoms with Crippen molar-refractivity contribution >= 4 is 17.8 Å². The number of carbonyl (C=O) groups is 2. The predicted octanol–water partition coefficient (Wildman–Crippen LogP) is 2.06. The quantitative estimate of drug-likeness (QED) is 0.622. The first-order chi connectivity index (χ1) is 13.3. The van der Waals surface area contributed by atoms with E-state index in [1.807, 2.05) is 6.92 Å². The molecule has 0 aliphatic carbocycles. The second-order valence-electron chi connectivity index (χ2n) is 6.18. The van der Waals surface area contributed by atoms with Crippen LogP contribution in [0, 0.1) is 11.6 Å². The summed E-state index contributed by atoms with van der Waals surface area (Å²) in [6.45, 7) is 3.15. The van der Waals surface area contributed by atoms with Crippen LogP contribution in [0.4, 0.5) is 14.7 Å². The Hall–Kier alpha value is -3.01. The van der Waals surface area contributed by atoms with Gasteiger partial charge in [-0.05, 0) is 24.1 Å². The molecule has 0 radical (unpaired) electrons. The molecule has 1 aromatic carbocycles. The number of rotatable bonds is 7. The number of aromatic nitrogens is 2. The number of methoxy groups -OCH3 is 1. The Labute approximate surface area is 161 Å². The molecule has 1 heterocycles. The lowest BCUT2D eigenvalue weighted by Gasteiger charge is -2.22. The van der Waals surface area contributed by atoms with Crippen molar-refractivity contribution in [3.63, 3.8) is 0 Å². The third kappa shape index (κ3) is 4.63. The molecule has 2 amide bonds. The van der Waals surface area contributed by atoms with Crippen LogP contribution < -0.4 is 16.6 Å². The monoisotopic (exact) mass is 395 g/mol. The van der Waals surface area contributed by atoms with Gasteiger partial charge in [0.25, 0.3) is 5.91 Å². The van der Waals surface area contributed by atoms with Crippen LogP contribution in [0.15, 0.2) is 18.2 Å². The second-order valence-corrected chi connectivity index (χ2v) is 6.18. The van der Waals surface area contributed by atoms with E-state index >= 15 is 0 Å². The first kappa shape index (κ1) is 21.3. The highest BCUT2D eigenvalue weighted by molar-refractivity contribution is 5.95. The van der Waals surface area contributed by atoms with E-state index in [-0.39, 0.29) is 23.9 Å². The van der Waals surface area contributed by atoms with Gasteiger partial charge in [-0.25, -0.2) is 13.8 Å². The molecule has 0 spiro atoms. The summed E-state index contributed by atoms with van der Waals surface area (Å²) in [4.78, 5) is 28.0. The molecule has 0 aliphatic rings. The maximum Gasteiger partial charge on any atom is 0.288 e. The van der Waals surface area contributed by atoms with E-state index in [1.54, 1.807) is 0 Å². The molecule has 2 rings (SSSR count). The average molecular weight is 395 g/mol. The van der Waals surface area contributed by atoms with Crippen molar-refractivity contribution in [2.45, 2.75) is 39.3 Å². The molecular formula is C18H23F2N5O3. The van der Waals surface area contributed by atoms with Crippen LogP contribution in [0.3, 0.4) is 0 Å². The van der Waals surface area contributed by atoms with Gasteiger partial charge in [0.05, 0.1) is 18.3 Å². The third-order valence-electron chi connectivity index (χ3n) is 4.06. The van der Waals surface area contributed by atoms with E-state index in [4.69, 9.17) is 10.5 Å². The van der Waals surface area contributed by atoms with Gasteiger partial charge in [-0.3, -0.25) is 25.0 Å². The fraction of sp³-hybridized carbons (Fsp3) is 0.389. The van der Waals surface area contributed by atoms with Crippen LogP contribution in [-0.2, 0) is 16.1 Å². The van der Waals surface area contributed by atoms with Crippen LogP contribution >= 0.6 is 0 Å². The molecule has 0 saturated carbocycles. The van der Waals surface area contributed by atoms with E-state index < -0.39 is 29.5 Å². The minimum Gasteiger partial charge on any atom is -0.378 e. The standard InChI is InChI=1S/C18H23F2N5O3/c1-4-5-15(11-6-7-12(19)13(20)8-11)25-16(17(27)24-23-10(2)26)14(9-28-3)22-18(25)21/h6-8,15H,4-5,9H2,1-3H3,(H2,21,22)(H,23,26)(H,24,27). The highest BCUT2D eigenvalue weighted by Gasteiger charge is 2.28. The summed E-state index contributed by atoms with van der Waals surface area (Å²) in [6.07, 6.45) is 1.16. The number of ether oxygens (including phenoxy) is 1. The minimum absolute atomic E-state index is 0.00332. The Balaban J connectivity index is 2.59. The smallest absolute Gasteiger partial charge is 0.288 e. The highest BCUT2D eigenvalue weighted by Crippen LogP contribution is 2.30. The van der Waals surface area contributed by atoms with Gasteiger partial charge in [-0.2, -0.15) is 0 Å². The molecular weight excluding hydrogens is 372 g/mol. The molecule has 0 saturated heterocycles. The van der Waals surface area contributed by atoms with Crippen molar-refractivity contribution in [3.05, 3.63) is 46.8 Å². The van der Waals surface area contributed by atoms with Crippen LogP contribution in [0.25, 0.3) is 0 Å². The lowest BCUT2D eigenvalue weighted by molar-refractivity contribution is -0.119. The minimum atomic E-state index is -1.00. The largest absolute Gasteiger partial charge is 0.378 e. The summed E-state index contributed by atoms with van der Waals surface area (Å²) >= 11 is 0. The van der Waals surface area contributed by atoms with Crippen LogP contribution in [-0.4, -0.2) is 28.5 Å². The molecule has 2 aromatic rings. The summed E-state index contributed by atoms with van der Waals surface area (Å²) in [5.41, 5.74) is 11.3.